The molecule has 174 valence electrons. The van der Waals surface area contributed by atoms with Crippen molar-refractivity contribution < 1.29 is 9.59 Å². The SMILES string of the molecule is Cn1nc(N2CCC(=O)NC2=O)c2ccc(C3CCN(CC4(C#N)CCNCC4)CC3)cc21. The molecule has 0 spiro atoms. The largest absolute Gasteiger partial charge is 0.329 e. The number of imide groups is 1. The van der Waals surface area contributed by atoms with E-state index in [1.807, 2.05) is 11.7 Å². The molecular weight excluding hydrogens is 418 g/mol. The van der Waals surface area contributed by atoms with Crippen LogP contribution in [0.15, 0.2) is 18.2 Å². The van der Waals surface area contributed by atoms with Gasteiger partial charge in [0.1, 0.15) is 0 Å². The average molecular weight is 450 g/mol. The van der Waals surface area contributed by atoms with Crippen molar-refractivity contribution in [2.75, 3.05) is 44.2 Å². The number of hydrogen-bond acceptors (Lipinski definition) is 6. The number of carbonyl (C=O) groups is 2. The van der Waals surface area contributed by atoms with Crippen LogP contribution in [-0.2, 0) is 11.8 Å². The Morgan fingerprint density at radius 2 is 1.94 bits per heavy atom. The first-order valence-electron chi connectivity index (χ1n) is 11.9. The van der Waals surface area contributed by atoms with Crippen molar-refractivity contribution >= 4 is 28.7 Å². The maximum Gasteiger partial charge on any atom is 0.329 e. The molecule has 9 nitrogen and oxygen atoms in total. The quantitative estimate of drug-likeness (QED) is 0.740. The van der Waals surface area contributed by atoms with E-state index in [1.165, 1.54) is 5.56 Å². The Kier molecular flexibility index (Phi) is 5.81. The normalized spacial score (nSPS) is 22.4. The number of nitrogens with zero attached hydrogens (tertiary/aromatic N) is 5. The fourth-order valence-electron chi connectivity index (χ4n) is 5.54. The van der Waals surface area contributed by atoms with E-state index >= 15 is 0 Å². The minimum Gasteiger partial charge on any atom is -0.317 e. The lowest BCUT2D eigenvalue weighted by Crippen LogP contribution is -2.49. The number of hydrogen-bond donors (Lipinski definition) is 2. The molecule has 3 aliphatic heterocycles. The molecule has 3 fully saturated rings. The summed E-state index contributed by atoms with van der Waals surface area (Å²) in [5, 5.41) is 21.1. The van der Waals surface area contributed by atoms with Crippen molar-refractivity contribution in [1.29, 1.82) is 5.26 Å². The van der Waals surface area contributed by atoms with E-state index in [0.717, 1.165) is 69.3 Å². The highest BCUT2D eigenvalue weighted by Gasteiger charge is 2.35. The molecule has 0 atom stereocenters. The molecule has 0 unspecified atom stereocenters. The zero-order valence-corrected chi connectivity index (χ0v) is 19.1. The van der Waals surface area contributed by atoms with Crippen LogP contribution >= 0.6 is 0 Å². The van der Waals surface area contributed by atoms with Gasteiger partial charge in [-0.05, 0) is 75.5 Å². The van der Waals surface area contributed by atoms with Gasteiger partial charge in [0.05, 0.1) is 17.0 Å². The van der Waals surface area contributed by atoms with Crippen molar-refractivity contribution in [3.63, 3.8) is 0 Å². The molecule has 1 aromatic heterocycles. The summed E-state index contributed by atoms with van der Waals surface area (Å²) in [6.07, 6.45) is 4.31. The number of anilines is 1. The van der Waals surface area contributed by atoms with Crippen LogP contribution in [0.3, 0.4) is 0 Å². The van der Waals surface area contributed by atoms with Crippen molar-refractivity contribution in [2.45, 2.75) is 38.0 Å². The van der Waals surface area contributed by atoms with Crippen molar-refractivity contribution in [2.24, 2.45) is 12.5 Å². The van der Waals surface area contributed by atoms with Gasteiger partial charge in [-0.15, -0.1) is 0 Å². The first-order valence-corrected chi connectivity index (χ1v) is 11.9. The second-order valence-corrected chi connectivity index (χ2v) is 9.67. The smallest absolute Gasteiger partial charge is 0.317 e. The highest BCUT2D eigenvalue weighted by Crippen LogP contribution is 2.35. The van der Waals surface area contributed by atoms with E-state index in [9.17, 15) is 14.9 Å². The van der Waals surface area contributed by atoms with E-state index in [4.69, 9.17) is 0 Å². The second-order valence-electron chi connectivity index (χ2n) is 9.67. The number of aryl methyl sites for hydroxylation is 1. The lowest BCUT2D eigenvalue weighted by Gasteiger charge is -2.39. The standard InChI is InChI=1S/C24H31N7O2/c1-29-20-14-18(2-3-19(20)22(28-29)31-13-6-21(32)27-23(31)33)17-4-11-30(12-5-17)16-24(15-25)7-9-26-10-8-24/h2-3,14,17,26H,4-13,16H2,1H3,(H,27,32,33). The summed E-state index contributed by atoms with van der Waals surface area (Å²) in [6, 6.07) is 8.63. The van der Waals surface area contributed by atoms with E-state index in [-0.39, 0.29) is 17.7 Å². The van der Waals surface area contributed by atoms with Crippen molar-refractivity contribution in [3.8, 4) is 6.07 Å². The Hall–Kier alpha value is -2.96. The number of nitriles is 1. The molecule has 3 amide bonds. The molecule has 3 aliphatic rings. The number of nitrogens with one attached hydrogen (secondary N) is 2. The number of likely N-dealkylation sites (tertiary alicyclic amines) is 1. The first kappa shape index (κ1) is 21.9. The van der Waals surface area contributed by atoms with Gasteiger partial charge in [0.15, 0.2) is 5.82 Å². The predicted octanol–water partition coefficient (Wildman–Crippen LogP) is 2.09. The number of rotatable bonds is 4. The summed E-state index contributed by atoms with van der Waals surface area (Å²) in [4.78, 5) is 27.8. The van der Waals surface area contributed by atoms with Crippen LogP contribution in [0.1, 0.15) is 43.6 Å². The fraction of sp³-hybridized carbons (Fsp3) is 0.583. The van der Waals surface area contributed by atoms with E-state index < -0.39 is 6.03 Å². The van der Waals surface area contributed by atoms with Crippen LogP contribution in [-0.4, -0.2) is 65.9 Å². The van der Waals surface area contributed by atoms with E-state index in [1.54, 1.807) is 4.90 Å². The Balaban J connectivity index is 1.28. The molecule has 0 saturated carbocycles. The van der Waals surface area contributed by atoms with Crippen LogP contribution in [0, 0.1) is 16.7 Å². The summed E-state index contributed by atoms with van der Waals surface area (Å²) >= 11 is 0. The summed E-state index contributed by atoms with van der Waals surface area (Å²) in [5.74, 6) is 0.833. The van der Waals surface area contributed by atoms with Crippen molar-refractivity contribution in [1.82, 2.24) is 25.3 Å². The van der Waals surface area contributed by atoms with E-state index in [2.05, 4.69) is 44.9 Å². The molecule has 9 heteroatoms. The first-order chi connectivity index (χ1) is 16.0. The lowest BCUT2D eigenvalue weighted by atomic mass is 9.79. The third-order valence-electron chi connectivity index (χ3n) is 7.55. The zero-order valence-electron chi connectivity index (χ0n) is 19.1. The molecule has 0 aliphatic carbocycles. The van der Waals surface area contributed by atoms with Crippen LogP contribution in [0.25, 0.3) is 10.9 Å². The van der Waals surface area contributed by atoms with Gasteiger partial charge in [0.25, 0.3) is 0 Å². The Bertz CT molecular complexity index is 1100. The number of fused-ring (bicyclic) bond motifs is 1. The number of aromatic nitrogens is 2. The lowest BCUT2D eigenvalue weighted by molar-refractivity contribution is -0.120. The maximum atomic E-state index is 12.3. The van der Waals surface area contributed by atoms with Crippen LogP contribution in [0.2, 0.25) is 0 Å². The van der Waals surface area contributed by atoms with Crippen LogP contribution < -0.4 is 15.5 Å². The Morgan fingerprint density at radius 3 is 2.64 bits per heavy atom. The molecular formula is C24H31N7O2. The third kappa shape index (κ3) is 4.21. The molecule has 3 saturated heterocycles. The van der Waals surface area contributed by atoms with E-state index in [0.29, 0.717) is 18.3 Å². The van der Waals surface area contributed by atoms with Gasteiger partial charge < -0.3 is 10.2 Å². The van der Waals surface area contributed by atoms with Crippen LogP contribution in [0.4, 0.5) is 10.6 Å². The molecule has 4 heterocycles. The topological polar surface area (TPSA) is 106 Å². The number of piperidine rings is 2. The summed E-state index contributed by atoms with van der Waals surface area (Å²) in [5.41, 5.74) is 2.09. The molecule has 0 radical (unpaired) electrons. The van der Waals surface area contributed by atoms with Gasteiger partial charge in [0.2, 0.25) is 5.91 Å². The highest BCUT2D eigenvalue weighted by atomic mass is 16.2. The van der Waals surface area contributed by atoms with Gasteiger partial charge in [-0.2, -0.15) is 10.4 Å². The number of benzene rings is 1. The summed E-state index contributed by atoms with van der Waals surface area (Å²) < 4.78 is 1.82. The minimum absolute atomic E-state index is 0.201. The number of carbonyl (C=O) groups excluding carboxylic acids is 2. The molecule has 2 N–H and O–H groups in total. The molecule has 5 rings (SSSR count). The monoisotopic (exact) mass is 449 g/mol. The third-order valence-corrected chi connectivity index (χ3v) is 7.55. The molecule has 0 bridgehead atoms. The predicted molar refractivity (Wildman–Crippen MR) is 125 cm³/mol. The fourth-order valence-corrected chi connectivity index (χ4v) is 5.54. The van der Waals surface area contributed by atoms with Gasteiger partial charge in [-0.1, -0.05) is 6.07 Å². The van der Waals surface area contributed by atoms with Crippen LogP contribution in [0.5, 0.6) is 0 Å². The summed E-state index contributed by atoms with van der Waals surface area (Å²) in [7, 11) is 1.89. The van der Waals surface area contributed by atoms with Gasteiger partial charge in [-0.25, -0.2) is 4.79 Å². The highest BCUT2D eigenvalue weighted by molar-refractivity contribution is 6.08. The van der Waals surface area contributed by atoms with Gasteiger partial charge in [0, 0.05) is 31.9 Å². The molecule has 2 aromatic rings. The Morgan fingerprint density at radius 1 is 1.18 bits per heavy atom. The maximum absolute atomic E-state index is 12.3. The van der Waals surface area contributed by atoms with Crippen molar-refractivity contribution in [3.05, 3.63) is 23.8 Å². The second kappa shape index (κ2) is 8.76. The number of urea groups is 1. The van der Waals surface area contributed by atoms with Gasteiger partial charge >= 0.3 is 6.03 Å². The number of amides is 3. The summed E-state index contributed by atoms with van der Waals surface area (Å²) in [6.45, 7) is 5.12. The minimum atomic E-state index is -0.411. The Labute approximate surface area is 193 Å². The zero-order chi connectivity index (χ0) is 23.0. The van der Waals surface area contributed by atoms with Gasteiger partial charge in [-0.3, -0.25) is 19.7 Å². The molecule has 33 heavy (non-hydrogen) atoms. The molecule has 1 aromatic carbocycles. The average Bonchev–Trinajstić information content (AvgIpc) is 3.16.